The first-order chi connectivity index (χ1) is 13.0. The SMILES string of the molecule is Cc1nn(C)c(C)c1C(C)Nc1nncc(-c2cccc3ccccc23)n1. The summed E-state index contributed by atoms with van der Waals surface area (Å²) in [5.41, 5.74) is 5.15. The normalized spacial score (nSPS) is 12.3. The summed E-state index contributed by atoms with van der Waals surface area (Å²) in [6.07, 6.45) is 1.71. The fourth-order valence-corrected chi connectivity index (χ4v) is 3.63. The van der Waals surface area contributed by atoms with Gasteiger partial charge >= 0.3 is 0 Å². The summed E-state index contributed by atoms with van der Waals surface area (Å²) in [5.74, 6) is 0.510. The van der Waals surface area contributed by atoms with Gasteiger partial charge in [-0.2, -0.15) is 10.2 Å². The average Bonchev–Trinajstić information content (AvgIpc) is 2.93. The number of nitrogens with zero attached hydrogens (tertiary/aromatic N) is 5. The van der Waals surface area contributed by atoms with Crippen LogP contribution in [0.5, 0.6) is 0 Å². The van der Waals surface area contributed by atoms with Crippen molar-refractivity contribution in [3.8, 4) is 11.3 Å². The molecule has 0 spiro atoms. The lowest BCUT2D eigenvalue weighted by Gasteiger charge is -2.15. The Hall–Kier alpha value is -3.28. The number of rotatable bonds is 4. The Morgan fingerprint density at radius 3 is 2.59 bits per heavy atom. The van der Waals surface area contributed by atoms with E-state index in [0.717, 1.165) is 33.6 Å². The zero-order valence-electron chi connectivity index (χ0n) is 15.9. The van der Waals surface area contributed by atoms with Gasteiger partial charge in [-0.15, -0.1) is 5.10 Å². The zero-order chi connectivity index (χ0) is 19.0. The van der Waals surface area contributed by atoms with Crippen molar-refractivity contribution in [1.82, 2.24) is 25.0 Å². The van der Waals surface area contributed by atoms with Gasteiger partial charge in [0.2, 0.25) is 5.95 Å². The van der Waals surface area contributed by atoms with E-state index in [1.807, 2.05) is 36.9 Å². The zero-order valence-corrected chi connectivity index (χ0v) is 15.9. The van der Waals surface area contributed by atoms with Crippen LogP contribution < -0.4 is 5.32 Å². The minimum absolute atomic E-state index is 0.0308. The lowest BCUT2D eigenvalue weighted by Crippen LogP contribution is -2.12. The van der Waals surface area contributed by atoms with Crippen LogP contribution in [-0.2, 0) is 7.05 Å². The van der Waals surface area contributed by atoms with E-state index in [4.69, 9.17) is 4.98 Å². The number of benzene rings is 2. The lowest BCUT2D eigenvalue weighted by molar-refractivity contribution is 0.728. The Bertz CT molecular complexity index is 1110. The number of hydrogen-bond donors (Lipinski definition) is 1. The van der Waals surface area contributed by atoms with Crippen molar-refractivity contribution < 1.29 is 0 Å². The number of aryl methyl sites for hydroxylation is 2. The van der Waals surface area contributed by atoms with Crippen LogP contribution >= 0.6 is 0 Å². The minimum atomic E-state index is 0.0308. The standard InChI is InChI=1S/C21H22N6/c1-13(20-14(2)26-27(4)15(20)3)23-21-24-19(12-22-25-21)18-11-7-9-16-8-5-6-10-17(16)18/h5-13H,1-4H3,(H,23,24,25). The largest absolute Gasteiger partial charge is 0.346 e. The number of fused-ring (bicyclic) bond motifs is 1. The Kier molecular flexibility index (Phi) is 4.32. The van der Waals surface area contributed by atoms with Crippen molar-refractivity contribution in [2.45, 2.75) is 26.8 Å². The van der Waals surface area contributed by atoms with Crippen LogP contribution in [0.4, 0.5) is 5.95 Å². The highest BCUT2D eigenvalue weighted by Gasteiger charge is 2.17. The van der Waals surface area contributed by atoms with Crippen LogP contribution in [-0.4, -0.2) is 25.0 Å². The van der Waals surface area contributed by atoms with E-state index in [-0.39, 0.29) is 6.04 Å². The molecule has 27 heavy (non-hydrogen) atoms. The van der Waals surface area contributed by atoms with Gasteiger partial charge in [-0.05, 0) is 31.5 Å². The van der Waals surface area contributed by atoms with Crippen LogP contribution in [0, 0.1) is 13.8 Å². The molecule has 0 aliphatic rings. The molecule has 4 rings (SSSR count). The Morgan fingerprint density at radius 1 is 1.04 bits per heavy atom. The van der Waals surface area contributed by atoms with Crippen molar-refractivity contribution in [3.63, 3.8) is 0 Å². The monoisotopic (exact) mass is 358 g/mol. The molecule has 136 valence electrons. The first-order valence-corrected chi connectivity index (χ1v) is 8.99. The first kappa shape index (κ1) is 17.1. The summed E-state index contributed by atoms with van der Waals surface area (Å²) < 4.78 is 1.90. The van der Waals surface area contributed by atoms with E-state index in [1.54, 1.807) is 6.20 Å². The molecule has 6 heteroatoms. The molecule has 0 aliphatic heterocycles. The summed E-state index contributed by atoms with van der Waals surface area (Å²) in [7, 11) is 1.96. The number of anilines is 1. The predicted octanol–water partition coefficient (Wildman–Crippen LogP) is 4.22. The molecule has 0 fully saturated rings. The molecule has 2 heterocycles. The maximum absolute atomic E-state index is 4.71. The second-order valence-electron chi connectivity index (χ2n) is 6.77. The first-order valence-electron chi connectivity index (χ1n) is 8.99. The van der Waals surface area contributed by atoms with Crippen LogP contribution in [0.1, 0.15) is 29.9 Å². The Balaban J connectivity index is 1.69. The Morgan fingerprint density at radius 2 is 1.81 bits per heavy atom. The van der Waals surface area contributed by atoms with Gasteiger partial charge in [0.1, 0.15) is 0 Å². The summed E-state index contributed by atoms with van der Waals surface area (Å²) in [6.45, 7) is 6.18. The molecule has 1 atom stereocenters. The topological polar surface area (TPSA) is 68.5 Å². The summed E-state index contributed by atoms with van der Waals surface area (Å²) >= 11 is 0. The van der Waals surface area contributed by atoms with Crippen molar-refractivity contribution in [1.29, 1.82) is 0 Å². The molecule has 4 aromatic rings. The van der Waals surface area contributed by atoms with Gasteiger partial charge in [-0.1, -0.05) is 42.5 Å². The predicted molar refractivity (Wildman–Crippen MR) is 107 cm³/mol. The van der Waals surface area contributed by atoms with Gasteiger partial charge in [0.15, 0.2) is 0 Å². The Labute approximate surface area is 158 Å². The van der Waals surface area contributed by atoms with E-state index < -0.39 is 0 Å². The number of nitrogens with one attached hydrogen (secondary N) is 1. The van der Waals surface area contributed by atoms with Gasteiger partial charge in [0.25, 0.3) is 0 Å². The van der Waals surface area contributed by atoms with Crippen molar-refractivity contribution in [2.75, 3.05) is 5.32 Å². The fourth-order valence-electron chi connectivity index (χ4n) is 3.63. The summed E-state index contributed by atoms with van der Waals surface area (Å²) in [4.78, 5) is 4.71. The quantitative estimate of drug-likeness (QED) is 0.592. The third-order valence-electron chi connectivity index (χ3n) is 4.97. The molecular formula is C21H22N6. The minimum Gasteiger partial charge on any atom is -0.346 e. The molecule has 0 amide bonds. The third-order valence-corrected chi connectivity index (χ3v) is 4.97. The number of aromatic nitrogens is 5. The van der Waals surface area contributed by atoms with Crippen LogP contribution in [0.15, 0.2) is 48.7 Å². The molecule has 0 bridgehead atoms. The lowest BCUT2D eigenvalue weighted by atomic mass is 10.0. The second kappa shape index (κ2) is 6.79. The van der Waals surface area contributed by atoms with Crippen LogP contribution in [0.3, 0.4) is 0 Å². The van der Waals surface area contributed by atoms with Gasteiger partial charge in [0, 0.05) is 23.9 Å². The summed E-state index contributed by atoms with van der Waals surface area (Å²) in [5, 5.41) is 18.5. The highest BCUT2D eigenvalue weighted by molar-refractivity contribution is 5.95. The van der Waals surface area contributed by atoms with E-state index in [1.165, 1.54) is 5.39 Å². The van der Waals surface area contributed by atoms with Gasteiger partial charge in [0.05, 0.1) is 23.6 Å². The highest BCUT2D eigenvalue weighted by atomic mass is 15.3. The van der Waals surface area contributed by atoms with Crippen LogP contribution in [0.2, 0.25) is 0 Å². The molecule has 1 N–H and O–H groups in total. The van der Waals surface area contributed by atoms with Gasteiger partial charge in [-0.3, -0.25) is 4.68 Å². The molecule has 1 unspecified atom stereocenters. The molecular weight excluding hydrogens is 336 g/mol. The van der Waals surface area contributed by atoms with Gasteiger partial charge in [-0.25, -0.2) is 4.98 Å². The van der Waals surface area contributed by atoms with E-state index in [0.29, 0.717) is 5.95 Å². The molecule has 0 saturated heterocycles. The smallest absolute Gasteiger partial charge is 0.243 e. The molecule has 0 radical (unpaired) electrons. The van der Waals surface area contributed by atoms with E-state index in [9.17, 15) is 0 Å². The molecule has 6 nitrogen and oxygen atoms in total. The molecule has 0 aliphatic carbocycles. The highest BCUT2D eigenvalue weighted by Crippen LogP contribution is 2.28. The van der Waals surface area contributed by atoms with Crippen molar-refractivity contribution in [2.24, 2.45) is 7.05 Å². The molecule has 2 aromatic heterocycles. The molecule has 2 aromatic carbocycles. The maximum Gasteiger partial charge on any atom is 0.243 e. The average molecular weight is 358 g/mol. The van der Waals surface area contributed by atoms with Gasteiger partial charge < -0.3 is 5.32 Å². The van der Waals surface area contributed by atoms with Crippen molar-refractivity contribution >= 4 is 16.7 Å². The number of hydrogen-bond acceptors (Lipinski definition) is 5. The summed E-state index contributed by atoms with van der Waals surface area (Å²) in [6, 6.07) is 14.5. The van der Waals surface area contributed by atoms with E-state index >= 15 is 0 Å². The van der Waals surface area contributed by atoms with Crippen LogP contribution in [0.25, 0.3) is 22.0 Å². The van der Waals surface area contributed by atoms with E-state index in [2.05, 4.69) is 58.7 Å². The second-order valence-corrected chi connectivity index (χ2v) is 6.77. The van der Waals surface area contributed by atoms with Crippen molar-refractivity contribution in [3.05, 3.63) is 65.6 Å². The maximum atomic E-state index is 4.71. The fraction of sp³-hybridized carbons (Fsp3) is 0.238. The molecule has 0 saturated carbocycles. The third kappa shape index (κ3) is 3.14.